The average Bonchev–Trinajstić information content (AvgIpc) is 3.24. The van der Waals surface area contributed by atoms with Gasteiger partial charge >= 0.3 is 0 Å². The maximum absolute atomic E-state index is 13.2. The van der Waals surface area contributed by atoms with Crippen molar-refractivity contribution in [3.05, 3.63) is 66.1 Å². The molecule has 0 atom stereocenters. The third-order valence-electron chi connectivity index (χ3n) is 7.07. The van der Waals surface area contributed by atoms with E-state index in [1.165, 1.54) is 0 Å². The molecule has 4 aromatic rings. The van der Waals surface area contributed by atoms with E-state index in [4.69, 9.17) is 6.42 Å². The molecule has 3 aromatic heterocycles. The van der Waals surface area contributed by atoms with Crippen LogP contribution in [0.3, 0.4) is 0 Å². The van der Waals surface area contributed by atoms with Crippen LogP contribution in [-0.2, 0) is 12.5 Å². The van der Waals surface area contributed by atoms with Gasteiger partial charge in [0.15, 0.2) is 0 Å². The molecule has 0 saturated carbocycles. The Morgan fingerprint density at radius 3 is 2.49 bits per heavy atom. The summed E-state index contributed by atoms with van der Waals surface area (Å²) in [5.41, 5.74) is 4.56. The second kappa shape index (κ2) is 9.68. The number of likely N-dealkylation sites (N-methyl/N-ethyl adjacent to an activating group) is 1. The molecule has 8 heteroatoms. The molecule has 1 aliphatic heterocycles. The van der Waals surface area contributed by atoms with E-state index in [-0.39, 0.29) is 5.91 Å². The molecule has 188 valence electrons. The van der Waals surface area contributed by atoms with Gasteiger partial charge in [-0.05, 0) is 68.9 Å². The second-order valence-corrected chi connectivity index (χ2v) is 10.0. The number of anilines is 2. The number of piperazine rings is 1. The van der Waals surface area contributed by atoms with Gasteiger partial charge in [-0.15, -0.1) is 6.42 Å². The fraction of sp³-hybridized carbons (Fsp3) is 0.310. The summed E-state index contributed by atoms with van der Waals surface area (Å²) in [4.78, 5) is 30.9. The fourth-order valence-electron chi connectivity index (χ4n) is 4.54. The number of carbonyl (C=O) groups excluding carboxylic acids is 1. The standard InChI is InChI=1S/C29H31N7O/c1-6-29(2,3)21-9-11-30-24(19-21)23-10-12-31-28(33-23)32-22-7-8-25-20(17-22)18-26(35(25)5)27(37)36-15-13-34(4)14-16-36/h1,7-12,17-19H,13-16H2,2-5H3,(H,31,32,33). The van der Waals surface area contributed by atoms with Crippen LogP contribution in [0.2, 0.25) is 0 Å². The lowest BCUT2D eigenvalue weighted by atomic mass is 9.86. The van der Waals surface area contributed by atoms with Crippen LogP contribution in [0.5, 0.6) is 0 Å². The Labute approximate surface area is 217 Å². The van der Waals surface area contributed by atoms with E-state index >= 15 is 0 Å². The normalized spacial score (nSPS) is 14.5. The van der Waals surface area contributed by atoms with E-state index in [0.29, 0.717) is 17.3 Å². The Kier molecular flexibility index (Phi) is 6.40. The number of hydrogen-bond acceptors (Lipinski definition) is 6. The molecule has 0 spiro atoms. The lowest BCUT2D eigenvalue weighted by Gasteiger charge is -2.32. The number of nitrogens with zero attached hydrogens (tertiary/aromatic N) is 6. The highest BCUT2D eigenvalue weighted by Crippen LogP contribution is 2.27. The minimum Gasteiger partial charge on any atom is -0.340 e. The van der Waals surface area contributed by atoms with Crippen molar-refractivity contribution in [2.45, 2.75) is 19.3 Å². The topological polar surface area (TPSA) is 79.2 Å². The number of benzene rings is 1. The first-order valence-electron chi connectivity index (χ1n) is 12.4. The van der Waals surface area contributed by atoms with Crippen molar-refractivity contribution in [3.8, 4) is 23.7 Å². The number of amides is 1. The molecule has 1 aromatic carbocycles. The number of pyridine rings is 1. The summed E-state index contributed by atoms with van der Waals surface area (Å²) in [5, 5.41) is 4.27. The number of aryl methyl sites for hydroxylation is 1. The minimum absolute atomic E-state index is 0.0695. The third kappa shape index (κ3) is 4.91. The zero-order chi connectivity index (χ0) is 26.2. The number of aromatic nitrogens is 4. The minimum atomic E-state index is -0.401. The molecule has 1 saturated heterocycles. The highest BCUT2D eigenvalue weighted by atomic mass is 16.2. The van der Waals surface area contributed by atoms with E-state index < -0.39 is 5.41 Å². The van der Waals surface area contributed by atoms with Crippen LogP contribution in [0.15, 0.2) is 54.9 Å². The van der Waals surface area contributed by atoms with Crippen LogP contribution in [0.1, 0.15) is 29.9 Å². The summed E-state index contributed by atoms with van der Waals surface area (Å²) in [6.45, 7) is 7.28. The summed E-state index contributed by atoms with van der Waals surface area (Å²) in [7, 11) is 4.02. The van der Waals surface area contributed by atoms with Crippen molar-refractivity contribution in [2.75, 3.05) is 38.5 Å². The summed E-state index contributed by atoms with van der Waals surface area (Å²) in [6.07, 6.45) is 9.18. The van der Waals surface area contributed by atoms with Gasteiger partial charge in [0.25, 0.3) is 5.91 Å². The van der Waals surface area contributed by atoms with Crippen LogP contribution in [0.4, 0.5) is 11.6 Å². The molecule has 37 heavy (non-hydrogen) atoms. The fourth-order valence-corrected chi connectivity index (χ4v) is 4.54. The molecule has 1 N–H and O–H groups in total. The monoisotopic (exact) mass is 493 g/mol. The van der Waals surface area contributed by atoms with Crippen molar-refractivity contribution in [3.63, 3.8) is 0 Å². The highest BCUT2D eigenvalue weighted by molar-refractivity contribution is 5.99. The Hall–Kier alpha value is -4.22. The number of fused-ring (bicyclic) bond motifs is 1. The summed E-state index contributed by atoms with van der Waals surface area (Å²) in [5.74, 6) is 3.36. The zero-order valence-electron chi connectivity index (χ0n) is 21.7. The van der Waals surface area contributed by atoms with E-state index in [1.54, 1.807) is 12.4 Å². The van der Waals surface area contributed by atoms with E-state index in [1.807, 2.05) is 72.8 Å². The van der Waals surface area contributed by atoms with Crippen molar-refractivity contribution in [2.24, 2.45) is 7.05 Å². The van der Waals surface area contributed by atoms with Gasteiger partial charge in [-0.2, -0.15) is 0 Å². The smallest absolute Gasteiger partial charge is 0.270 e. The van der Waals surface area contributed by atoms with E-state index in [2.05, 4.69) is 38.1 Å². The average molecular weight is 494 g/mol. The van der Waals surface area contributed by atoms with Crippen LogP contribution in [0.25, 0.3) is 22.3 Å². The molecule has 0 unspecified atom stereocenters. The number of nitrogens with one attached hydrogen (secondary N) is 1. The third-order valence-corrected chi connectivity index (χ3v) is 7.07. The SMILES string of the molecule is C#CC(C)(C)c1ccnc(-c2ccnc(Nc3ccc4c(c3)cc(C(=O)N3CCN(C)CC3)n4C)n2)c1. The van der Waals surface area contributed by atoms with Gasteiger partial charge in [0.1, 0.15) is 5.69 Å². The van der Waals surface area contributed by atoms with Crippen LogP contribution < -0.4 is 5.32 Å². The Bertz CT molecular complexity index is 1510. The number of carbonyl (C=O) groups is 1. The molecule has 0 radical (unpaired) electrons. The van der Waals surface area contributed by atoms with Gasteiger partial charge in [0.05, 0.1) is 16.8 Å². The molecule has 5 rings (SSSR count). The predicted molar refractivity (Wildman–Crippen MR) is 147 cm³/mol. The zero-order valence-corrected chi connectivity index (χ0v) is 21.7. The van der Waals surface area contributed by atoms with Crippen LogP contribution in [0, 0.1) is 12.3 Å². The van der Waals surface area contributed by atoms with Gasteiger partial charge in [0, 0.05) is 62.2 Å². The van der Waals surface area contributed by atoms with Gasteiger partial charge in [-0.1, -0.05) is 5.92 Å². The summed E-state index contributed by atoms with van der Waals surface area (Å²) >= 11 is 0. The predicted octanol–water partition coefficient (Wildman–Crippen LogP) is 4.07. The molecular weight excluding hydrogens is 462 g/mol. The van der Waals surface area contributed by atoms with Crippen LogP contribution in [-0.4, -0.2) is 68.5 Å². The number of terminal acetylenes is 1. The van der Waals surface area contributed by atoms with Crippen molar-refractivity contribution in [1.29, 1.82) is 0 Å². The number of hydrogen-bond donors (Lipinski definition) is 1. The van der Waals surface area contributed by atoms with E-state index in [0.717, 1.165) is 54.0 Å². The maximum atomic E-state index is 13.2. The second-order valence-electron chi connectivity index (χ2n) is 10.0. The molecule has 4 heterocycles. The first-order valence-corrected chi connectivity index (χ1v) is 12.4. The molecule has 0 aliphatic carbocycles. The quantitative estimate of drug-likeness (QED) is 0.422. The van der Waals surface area contributed by atoms with E-state index in [9.17, 15) is 4.79 Å². The first kappa shape index (κ1) is 24.5. The molecule has 8 nitrogen and oxygen atoms in total. The molecular formula is C29H31N7O. The number of rotatable bonds is 5. The van der Waals surface area contributed by atoms with Crippen molar-refractivity contribution in [1.82, 2.24) is 29.3 Å². The van der Waals surface area contributed by atoms with Crippen molar-refractivity contribution < 1.29 is 4.79 Å². The Morgan fingerprint density at radius 2 is 1.73 bits per heavy atom. The van der Waals surface area contributed by atoms with Gasteiger partial charge < -0.3 is 19.7 Å². The summed E-state index contributed by atoms with van der Waals surface area (Å²) in [6, 6.07) is 13.7. The lowest BCUT2D eigenvalue weighted by Crippen LogP contribution is -2.47. The molecule has 1 fully saturated rings. The highest BCUT2D eigenvalue weighted by Gasteiger charge is 2.23. The lowest BCUT2D eigenvalue weighted by molar-refractivity contribution is 0.0655. The van der Waals surface area contributed by atoms with Gasteiger partial charge in [-0.25, -0.2) is 9.97 Å². The Balaban J connectivity index is 1.38. The van der Waals surface area contributed by atoms with Crippen molar-refractivity contribution >= 4 is 28.4 Å². The molecule has 1 amide bonds. The maximum Gasteiger partial charge on any atom is 0.270 e. The largest absolute Gasteiger partial charge is 0.340 e. The Morgan fingerprint density at radius 1 is 0.973 bits per heavy atom. The molecule has 1 aliphatic rings. The molecule has 0 bridgehead atoms. The first-order chi connectivity index (χ1) is 17.7. The van der Waals surface area contributed by atoms with Gasteiger partial charge in [-0.3, -0.25) is 9.78 Å². The summed E-state index contributed by atoms with van der Waals surface area (Å²) < 4.78 is 1.97. The van der Waals surface area contributed by atoms with Gasteiger partial charge in [0.2, 0.25) is 5.95 Å². The van der Waals surface area contributed by atoms with Crippen LogP contribution >= 0.6 is 0 Å².